The van der Waals surface area contributed by atoms with Crippen molar-refractivity contribution in [2.24, 2.45) is 0 Å². The zero-order valence-corrected chi connectivity index (χ0v) is 15.4. The van der Waals surface area contributed by atoms with E-state index in [1.54, 1.807) is 12.1 Å². The molecule has 130 valence electrons. The summed E-state index contributed by atoms with van der Waals surface area (Å²) in [6, 6.07) is 6.43. The van der Waals surface area contributed by atoms with Crippen molar-refractivity contribution < 1.29 is 16.8 Å². The first-order valence-electron chi connectivity index (χ1n) is 8.11. The Morgan fingerprint density at radius 3 is 2.30 bits per heavy atom. The maximum Gasteiger partial charge on any atom is 0.243 e. The predicted molar refractivity (Wildman–Crippen MR) is 91.7 cm³/mol. The summed E-state index contributed by atoms with van der Waals surface area (Å²) < 4.78 is 50.8. The Labute approximate surface area is 139 Å². The van der Waals surface area contributed by atoms with Gasteiger partial charge in [0.2, 0.25) is 10.0 Å². The number of benzene rings is 1. The van der Waals surface area contributed by atoms with E-state index in [0.29, 0.717) is 13.0 Å². The molecule has 1 aromatic carbocycles. The monoisotopic (exact) mass is 359 g/mol. The second-order valence-corrected chi connectivity index (χ2v) is 10.1. The zero-order valence-electron chi connectivity index (χ0n) is 13.7. The van der Waals surface area contributed by atoms with Gasteiger partial charge in [0.25, 0.3) is 0 Å². The van der Waals surface area contributed by atoms with Crippen LogP contribution in [0.25, 0.3) is 0 Å². The van der Waals surface area contributed by atoms with Gasteiger partial charge in [0, 0.05) is 12.6 Å². The fourth-order valence-electron chi connectivity index (χ4n) is 2.85. The highest BCUT2D eigenvalue weighted by atomic mass is 32.2. The Kier molecular flexibility index (Phi) is 5.86. The van der Waals surface area contributed by atoms with Gasteiger partial charge < -0.3 is 0 Å². The first-order chi connectivity index (χ1) is 10.8. The molecule has 7 heteroatoms. The second-order valence-electron chi connectivity index (χ2n) is 6.02. The minimum absolute atomic E-state index is 0.0665. The summed E-state index contributed by atoms with van der Waals surface area (Å²) >= 11 is 0. The van der Waals surface area contributed by atoms with Gasteiger partial charge in [-0.3, -0.25) is 0 Å². The molecule has 1 saturated heterocycles. The molecule has 0 saturated carbocycles. The number of aryl methyl sites for hydroxylation is 1. The van der Waals surface area contributed by atoms with Crippen molar-refractivity contribution in [3.63, 3.8) is 0 Å². The number of rotatable bonds is 7. The third-order valence-corrected chi connectivity index (χ3v) is 8.00. The molecule has 0 unspecified atom stereocenters. The van der Waals surface area contributed by atoms with E-state index in [0.717, 1.165) is 24.8 Å². The van der Waals surface area contributed by atoms with Crippen LogP contribution in [0.1, 0.15) is 38.7 Å². The van der Waals surface area contributed by atoms with Gasteiger partial charge in [-0.1, -0.05) is 32.4 Å². The van der Waals surface area contributed by atoms with E-state index >= 15 is 0 Å². The van der Waals surface area contributed by atoms with Crippen LogP contribution in [0.4, 0.5) is 0 Å². The fraction of sp³-hybridized carbons (Fsp3) is 0.625. The molecule has 0 aromatic heterocycles. The molecular formula is C16H25NO4S2. The first kappa shape index (κ1) is 18.4. The number of hydrogen-bond acceptors (Lipinski definition) is 4. The lowest BCUT2D eigenvalue weighted by molar-refractivity contribution is 0.335. The summed E-state index contributed by atoms with van der Waals surface area (Å²) in [7, 11) is -6.79. The summed E-state index contributed by atoms with van der Waals surface area (Å²) in [6.07, 6.45) is 2.82. The molecule has 0 amide bonds. The molecule has 2 rings (SSSR count). The van der Waals surface area contributed by atoms with Crippen LogP contribution in [0.2, 0.25) is 0 Å². The first-order valence-corrected chi connectivity index (χ1v) is 11.4. The van der Waals surface area contributed by atoms with Gasteiger partial charge in [0.15, 0.2) is 9.84 Å². The molecule has 1 heterocycles. The van der Waals surface area contributed by atoms with Crippen molar-refractivity contribution in [2.75, 3.05) is 18.1 Å². The summed E-state index contributed by atoms with van der Waals surface area (Å²) in [5, 5.41) is 0. The Morgan fingerprint density at radius 1 is 1.17 bits per heavy atom. The largest absolute Gasteiger partial charge is 0.243 e. The quantitative estimate of drug-likeness (QED) is 0.748. The SMILES string of the molecule is CCCCN([C@H]1CCS(=O)(=O)C1)S(=O)(=O)c1ccc(CC)cc1. The van der Waals surface area contributed by atoms with E-state index < -0.39 is 25.9 Å². The molecule has 1 aromatic rings. The smallest absolute Gasteiger partial charge is 0.229 e. The minimum Gasteiger partial charge on any atom is -0.229 e. The van der Waals surface area contributed by atoms with E-state index in [-0.39, 0.29) is 16.4 Å². The molecule has 23 heavy (non-hydrogen) atoms. The van der Waals surface area contributed by atoms with Gasteiger partial charge in [-0.05, 0) is 37.0 Å². The van der Waals surface area contributed by atoms with Crippen LogP contribution < -0.4 is 0 Å². The Bertz CT molecular complexity index is 724. The summed E-state index contributed by atoms with van der Waals surface area (Å²) in [5.74, 6) is 0.00751. The fourth-order valence-corrected chi connectivity index (χ4v) is 6.37. The number of unbranched alkanes of at least 4 members (excludes halogenated alkanes) is 1. The highest BCUT2D eigenvalue weighted by Crippen LogP contribution is 2.25. The second kappa shape index (κ2) is 7.32. The zero-order chi connectivity index (χ0) is 17.1. The Morgan fingerprint density at radius 2 is 1.83 bits per heavy atom. The van der Waals surface area contributed by atoms with Crippen LogP contribution in [0.15, 0.2) is 29.2 Å². The highest BCUT2D eigenvalue weighted by molar-refractivity contribution is 7.92. The Balaban J connectivity index is 2.32. The van der Waals surface area contributed by atoms with Crippen molar-refractivity contribution in [2.45, 2.75) is 50.5 Å². The molecule has 0 aliphatic carbocycles. The average Bonchev–Trinajstić information content (AvgIpc) is 2.87. The summed E-state index contributed by atoms with van der Waals surface area (Å²) in [4.78, 5) is 0.245. The van der Waals surface area contributed by atoms with Crippen LogP contribution in [-0.4, -0.2) is 45.2 Å². The normalized spacial score (nSPS) is 20.9. The number of hydrogen-bond donors (Lipinski definition) is 0. The van der Waals surface area contributed by atoms with E-state index in [4.69, 9.17) is 0 Å². The van der Waals surface area contributed by atoms with Crippen LogP contribution in [0, 0.1) is 0 Å². The third kappa shape index (κ3) is 4.33. The van der Waals surface area contributed by atoms with Crippen LogP contribution in [-0.2, 0) is 26.3 Å². The third-order valence-electron chi connectivity index (χ3n) is 4.29. The van der Waals surface area contributed by atoms with Crippen molar-refractivity contribution in [3.05, 3.63) is 29.8 Å². The van der Waals surface area contributed by atoms with Gasteiger partial charge in [-0.2, -0.15) is 4.31 Å². The van der Waals surface area contributed by atoms with E-state index in [9.17, 15) is 16.8 Å². The topological polar surface area (TPSA) is 71.5 Å². The van der Waals surface area contributed by atoms with Crippen LogP contribution >= 0.6 is 0 Å². The molecule has 1 atom stereocenters. The Hall–Kier alpha value is -0.920. The molecule has 1 aliphatic heterocycles. The van der Waals surface area contributed by atoms with E-state index in [1.165, 1.54) is 4.31 Å². The molecule has 0 N–H and O–H groups in total. The standard InChI is InChI=1S/C16H25NO4S2/c1-3-5-11-17(15-10-12-22(18,19)13-15)23(20,21)16-8-6-14(4-2)7-9-16/h6-9,15H,3-5,10-13H2,1-2H3/t15-/m0/s1. The lowest BCUT2D eigenvalue weighted by Crippen LogP contribution is -2.41. The number of sulfone groups is 1. The van der Waals surface area contributed by atoms with Crippen LogP contribution in [0.3, 0.4) is 0 Å². The van der Waals surface area contributed by atoms with Gasteiger partial charge in [0.1, 0.15) is 0 Å². The molecule has 0 radical (unpaired) electrons. The molecular weight excluding hydrogens is 334 g/mol. The van der Waals surface area contributed by atoms with E-state index in [2.05, 4.69) is 0 Å². The van der Waals surface area contributed by atoms with Crippen LogP contribution in [0.5, 0.6) is 0 Å². The van der Waals surface area contributed by atoms with E-state index in [1.807, 2.05) is 26.0 Å². The molecule has 5 nitrogen and oxygen atoms in total. The maximum atomic E-state index is 13.0. The predicted octanol–water partition coefficient (Wildman–Crippen LogP) is 2.23. The molecule has 1 aliphatic rings. The molecule has 1 fully saturated rings. The van der Waals surface area contributed by atoms with Crippen molar-refractivity contribution in [3.8, 4) is 0 Å². The lowest BCUT2D eigenvalue weighted by atomic mass is 10.2. The molecule has 0 bridgehead atoms. The van der Waals surface area contributed by atoms with Gasteiger partial charge in [-0.25, -0.2) is 16.8 Å². The maximum absolute atomic E-state index is 13.0. The van der Waals surface area contributed by atoms with Gasteiger partial charge in [-0.15, -0.1) is 0 Å². The number of nitrogens with zero attached hydrogens (tertiary/aromatic N) is 1. The average molecular weight is 360 g/mol. The van der Waals surface area contributed by atoms with Gasteiger partial charge >= 0.3 is 0 Å². The van der Waals surface area contributed by atoms with Crippen molar-refractivity contribution in [1.29, 1.82) is 0 Å². The van der Waals surface area contributed by atoms with Gasteiger partial charge in [0.05, 0.1) is 16.4 Å². The summed E-state index contributed by atoms with van der Waals surface area (Å²) in [6.45, 7) is 4.38. The minimum atomic E-state index is -3.66. The lowest BCUT2D eigenvalue weighted by Gasteiger charge is -2.27. The summed E-state index contributed by atoms with van der Waals surface area (Å²) in [5.41, 5.74) is 1.08. The number of sulfonamides is 1. The van der Waals surface area contributed by atoms with Crippen molar-refractivity contribution >= 4 is 19.9 Å². The molecule has 0 spiro atoms. The highest BCUT2D eigenvalue weighted by Gasteiger charge is 2.38. The van der Waals surface area contributed by atoms with Crippen molar-refractivity contribution in [1.82, 2.24) is 4.31 Å².